The normalized spacial score (nSPS) is 19.9. The van der Waals surface area contributed by atoms with Crippen LogP contribution >= 0.6 is 11.8 Å². The monoisotopic (exact) mass is 420 g/mol. The first-order valence-corrected chi connectivity index (χ1v) is 12.5. The molecule has 1 atom stereocenters. The minimum Gasteiger partial charge on any atom is -0.369 e. The number of hydrogen-bond donors (Lipinski definition) is 2. The molecule has 30 heavy (non-hydrogen) atoms. The number of nitrogens with zero attached hydrogens (tertiary/aromatic N) is 2. The summed E-state index contributed by atoms with van der Waals surface area (Å²) >= 11 is 1.81. The van der Waals surface area contributed by atoms with Crippen molar-refractivity contribution in [2.24, 2.45) is 0 Å². The predicted octanol–water partition coefficient (Wildman–Crippen LogP) is 4.16. The number of aromatic amines is 1. The van der Waals surface area contributed by atoms with Gasteiger partial charge >= 0.3 is 0 Å². The van der Waals surface area contributed by atoms with Gasteiger partial charge in [0.15, 0.2) is 0 Å². The van der Waals surface area contributed by atoms with E-state index in [0.717, 1.165) is 52.1 Å². The lowest BCUT2D eigenvalue weighted by atomic mass is 9.91. The second kappa shape index (κ2) is 9.04. The summed E-state index contributed by atoms with van der Waals surface area (Å²) in [7, 11) is 0. The summed E-state index contributed by atoms with van der Waals surface area (Å²) in [5, 5.41) is 5.27. The molecular weight excluding hydrogens is 388 g/mol. The highest BCUT2D eigenvalue weighted by atomic mass is 32.2. The lowest BCUT2D eigenvalue weighted by molar-refractivity contribution is 0.252. The molecule has 5 rings (SSSR count). The maximum atomic E-state index is 3.85. The van der Waals surface area contributed by atoms with Gasteiger partial charge in [-0.1, -0.05) is 18.2 Å². The first kappa shape index (κ1) is 20.0. The number of piperazine rings is 1. The van der Waals surface area contributed by atoms with Crippen molar-refractivity contribution in [3.63, 3.8) is 0 Å². The Morgan fingerprint density at radius 3 is 2.63 bits per heavy atom. The molecule has 1 unspecified atom stereocenters. The molecule has 2 heterocycles. The van der Waals surface area contributed by atoms with Crippen LogP contribution in [0.15, 0.2) is 53.4 Å². The van der Waals surface area contributed by atoms with E-state index in [-0.39, 0.29) is 0 Å². The number of anilines is 1. The van der Waals surface area contributed by atoms with E-state index in [1.54, 1.807) is 0 Å². The Balaban J connectivity index is 1.08. The maximum Gasteiger partial charge on any atom is 0.0458 e. The smallest absolute Gasteiger partial charge is 0.0458 e. The van der Waals surface area contributed by atoms with Crippen LogP contribution < -0.4 is 10.2 Å². The molecule has 2 N–H and O–H groups in total. The number of thioether (sulfide) groups is 1. The number of benzene rings is 2. The molecule has 2 aromatic carbocycles. The molecule has 2 aliphatic rings. The molecule has 3 aromatic rings. The molecular formula is C25H32N4S. The molecule has 1 aromatic heterocycles. The Kier molecular flexibility index (Phi) is 6.02. The maximum absolute atomic E-state index is 3.85. The first-order chi connectivity index (χ1) is 14.8. The highest BCUT2D eigenvalue weighted by Gasteiger charge is 2.22. The van der Waals surface area contributed by atoms with Crippen molar-refractivity contribution in [3.8, 4) is 0 Å². The number of aromatic nitrogens is 1. The number of hydrogen-bond acceptors (Lipinski definition) is 4. The van der Waals surface area contributed by atoms with Crippen molar-refractivity contribution in [1.82, 2.24) is 15.2 Å². The standard InChI is InChI=1S/C25H32N4S/c1-30-21-9-7-20(8-10-21)29-16-14-28(15-17-29)13-12-26-19-6-11-25-23(18-19)22-4-2-3-5-24(22)27-25/h2-5,7-10,19,26-27H,6,11-18H2,1H3. The van der Waals surface area contributed by atoms with Gasteiger partial charge in [-0.2, -0.15) is 0 Å². The third-order valence-corrected chi connectivity index (χ3v) is 7.51. The minimum atomic E-state index is 0.605. The van der Waals surface area contributed by atoms with E-state index in [0.29, 0.717) is 6.04 Å². The summed E-state index contributed by atoms with van der Waals surface area (Å²) in [6.45, 7) is 6.80. The van der Waals surface area contributed by atoms with E-state index in [2.05, 4.69) is 74.9 Å². The first-order valence-electron chi connectivity index (χ1n) is 11.2. The van der Waals surface area contributed by atoms with E-state index in [1.807, 2.05) is 11.8 Å². The second-order valence-corrected chi connectivity index (χ2v) is 9.43. The van der Waals surface area contributed by atoms with Gasteiger partial charge in [0.2, 0.25) is 0 Å². The molecule has 1 saturated heterocycles. The zero-order valence-corrected chi connectivity index (χ0v) is 18.7. The van der Waals surface area contributed by atoms with Crippen LogP contribution in [0.3, 0.4) is 0 Å². The summed E-state index contributed by atoms with van der Waals surface area (Å²) in [4.78, 5) is 10.1. The highest BCUT2D eigenvalue weighted by Crippen LogP contribution is 2.29. The van der Waals surface area contributed by atoms with Crippen molar-refractivity contribution in [1.29, 1.82) is 0 Å². The average molecular weight is 421 g/mol. The molecule has 1 fully saturated rings. The summed E-state index contributed by atoms with van der Waals surface area (Å²) in [5.74, 6) is 0. The van der Waals surface area contributed by atoms with Crippen molar-refractivity contribution < 1.29 is 0 Å². The van der Waals surface area contributed by atoms with Crippen molar-refractivity contribution >= 4 is 28.4 Å². The van der Waals surface area contributed by atoms with Crippen molar-refractivity contribution in [2.45, 2.75) is 30.2 Å². The van der Waals surface area contributed by atoms with Gasteiger partial charge in [-0.25, -0.2) is 0 Å². The van der Waals surface area contributed by atoms with Crippen LogP contribution in [-0.4, -0.2) is 61.5 Å². The Hall–Kier alpha value is -1.95. The number of rotatable bonds is 6. The SMILES string of the molecule is CSc1ccc(N2CCN(CCNC3CCc4[nH]c5ccccc5c4C3)CC2)cc1. The van der Waals surface area contributed by atoms with Crippen molar-refractivity contribution in [2.75, 3.05) is 50.4 Å². The highest BCUT2D eigenvalue weighted by molar-refractivity contribution is 7.98. The Bertz CT molecular complexity index is 972. The minimum absolute atomic E-state index is 0.605. The summed E-state index contributed by atoms with van der Waals surface area (Å²) < 4.78 is 0. The van der Waals surface area contributed by atoms with E-state index >= 15 is 0 Å². The molecule has 158 valence electrons. The van der Waals surface area contributed by atoms with Crippen LogP contribution in [0, 0.1) is 0 Å². The average Bonchev–Trinajstić information content (AvgIpc) is 3.18. The predicted molar refractivity (Wildman–Crippen MR) is 129 cm³/mol. The number of fused-ring (bicyclic) bond motifs is 3. The molecule has 1 aliphatic carbocycles. The molecule has 0 radical (unpaired) electrons. The van der Waals surface area contributed by atoms with E-state index < -0.39 is 0 Å². The fraction of sp³-hybridized carbons (Fsp3) is 0.440. The number of H-pyrrole nitrogens is 1. The van der Waals surface area contributed by atoms with Gasteiger partial charge in [-0.3, -0.25) is 4.90 Å². The number of aryl methyl sites for hydroxylation is 1. The van der Waals surface area contributed by atoms with Gasteiger partial charge < -0.3 is 15.2 Å². The zero-order chi connectivity index (χ0) is 20.3. The lowest BCUT2D eigenvalue weighted by Gasteiger charge is -2.36. The van der Waals surface area contributed by atoms with Gasteiger partial charge in [0.25, 0.3) is 0 Å². The van der Waals surface area contributed by atoms with Gasteiger partial charge in [-0.05, 0) is 61.4 Å². The van der Waals surface area contributed by atoms with Gasteiger partial charge in [-0.15, -0.1) is 11.8 Å². The number of nitrogens with one attached hydrogen (secondary N) is 2. The molecule has 4 nitrogen and oxygen atoms in total. The summed E-state index contributed by atoms with van der Waals surface area (Å²) in [6.07, 6.45) is 5.68. The quantitative estimate of drug-likeness (QED) is 0.587. The van der Waals surface area contributed by atoms with E-state index in [4.69, 9.17) is 0 Å². The zero-order valence-electron chi connectivity index (χ0n) is 17.9. The topological polar surface area (TPSA) is 34.3 Å². The van der Waals surface area contributed by atoms with Crippen LogP contribution in [0.25, 0.3) is 10.9 Å². The molecule has 0 saturated carbocycles. The molecule has 0 bridgehead atoms. The molecule has 0 amide bonds. The van der Waals surface area contributed by atoms with Crippen molar-refractivity contribution in [3.05, 3.63) is 59.8 Å². The van der Waals surface area contributed by atoms with E-state index in [9.17, 15) is 0 Å². The third-order valence-electron chi connectivity index (χ3n) is 6.77. The Labute approximate surface area is 184 Å². The summed E-state index contributed by atoms with van der Waals surface area (Å²) in [5.41, 5.74) is 5.65. The number of para-hydroxylation sites is 1. The lowest BCUT2D eigenvalue weighted by Crippen LogP contribution is -2.49. The Morgan fingerprint density at radius 1 is 1.03 bits per heavy atom. The van der Waals surface area contributed by atoms with Crippen LogP contribution in [0.2, 0.25) is 0 Å². The third kappa shape index (κ3) is 4.25. The van der Waals surface area contributed by atoms with E-state index in [1.165, 1.54) is 39.2 Å². The fourth-order valence-electron chi connectivity index (χ4n) is 4.99. The Morgan fingerprint density at radius 2 is 1.83 bits per heavy atom. The van der Waals surface area contributed by atoms with Crippen LogP contribution in [-0.2, 0) is 12.8 Å². The second-order valence-electron chi connectivity index (χ2n) is 8.55. The summed E-state index contributed by atoms with van der Waals surface area (Å²) in [6, 6.07) is 18.4. The fourth-order valence-corrected chi connectivity index (χ4v) is 5.40. The largest absolute Gasteiger partial charge is 0.369 e. The molecule has 5 heteroatoms. The van der Waals surface area contributed by atoms with Gasteiger partial charge in [0.05, 0.1) is 0 Å². The molecule has 0 spiro atoms. The van der Waals surface area contributed by atoms with Crippen LogP contribution in [0.1, 0.15) is 17.7 Å². The van der Waals surface area contributed by atoms with Gasteiger partial charge in [0.1, 0.15) is 0 Å². The molecule has 1 aliphatic heterocycles. The van der Waals surface area contributed by atoms with Gasteiger partial charge in [0, 0.05) is 72.5 Å². The van der Waals surface area contributed by atoms with Crippen LogP contribution in [0.5, 0.6) is 0 Å². The van der Waals surface area contributed by atoms with Crippen LogP contribution in [0.4, 0.5) is 5.69 Å².